The lowest BCUT2D eigenvalue weighted by atomic mass is 10.2. The predicted octanol–water partition coefficient (Wildman–Crippen LogP) is 1.43. The monoisotopic (exact) mass is 233 g/mol. The van der Waals surface area contributed by atoms with Crippen LogP contribution in [-0.4, -0.2) is 56.2 Å². The van der Waals surface area contributed by atoms with Gasteiger partial charge in [-0.1, -0.05) is 6.92 Å². The number of rotatable bonds is 7. The van der Waals surface area contributed by atoms with Crippen molar-refractivity contribution in [1.82, 2.24) is 4.90 Å². The lowest BCUT2D eigenvalue weighted by Crippen LogP contribution is -2.44. The summed E-state index contributed by atoms with van der Waals surface area (Å²) in [6.07, 6.45) is 2.51. The fourth-order valence-electron chi connectivity index (χ4n) is 1.74. The second-order valence-corrected chi connectivity index (χ2v) is 4.39. The summed E-state index contributed by atoms with van der Waals surface area (Å²) in [5.41, 5.74) is 0. The number of thiol groups is 1. The van der Waals surface area contributed by atoms with Gasteiger partial charge in [0.05, 0.1) is 19.3 Å². The van der Waals surface area contributed by atoms with Crippen LogP contribution >= 0.6 is 12.6 Å². The zero-order valence-corrected chi connectivity index (χ0v) is 10.5. The molecule has 1 aliphatic rings. The molecule has 3 nitrogen and oxygen atoms in total. The second kappa shape index (κ2) is 8.39. The van der Waals surface area contributed by atoms with Crippen molar-refractivity contribution in [3.05, 3.63) is 0 Å². The molecule has 1 rings (SSSR count). The average molecular weight is 233 g/mol. The standard InChI is InChI=1S/C11H23NO2S/c1-2-6-13-10-11-9-12(4-3-8-15)5-7-14-11/h11,15H,2-10H2,1H3/t11-/m0/s1. The molecule has 0 aromatic carbocycles. The molecule has 0 radical (unpaired) electrons. The summed E-state index contributed by atoms with van der Waals surface area (Å²) in [5, 5.41) is 0. The molecule has 0 unspecified atom stereocenters. The van der Waals surface area contributed by atoms with Crippen LogP contribution in [0.2, 0.25) is 0 Å². The van der Waals surface area contributed by atoms with Gasteiger partial charge in [0.2, 0.25) is 0 Å². The zero-order chi connectivity index (χ0) is 10.9. The van der Waals surface area contributed by atoms with Gasteiger partial charge in [0.1, 0.15) is 0 Å². The second-order valence-electron chi connectivity index (χ2n) is 3.95. The highest BCUT2D eigenvalue weighted by Gasteiger charge is 2.19. The number of hydrogen-bond donors (Lipinski definition) is 1. The Morgan fingerprint density at radius 1 is 1.53 bits per heavy atom. The molecule has 0 aromatic rings. The molecule has 0 bridgehead atoms. The van der Waals surface area contributed by atoms with Crippen molar-refractivity contribution in [2.24, 2.45) is 0 Å². The van der Waals surface area contributed by atoms with Crippen LogP contribution in [-0.2, 0) is 9.47 Å². The summed E-state index contributed by atoms with van der Waals surface area (Å²) in [5.74, 6) is 0.967. The van der Waals surface area contributed by atoms with Gasteiger partial charge in [0.15, 0.2) is 0 Å². The van der Waals surface area contributed by atoms with Crippen LogP contribution in [0.15, 0.2) is 0 Å². The molecule has 0 amide bonds. The molecule has 0 saturated carbocycles. The van der Waals surface area contributed by atoms with Crippen LogP contribution in [0, 0.1) is 0 Å². The fourth-order valence-corrected chi connectivity index (χ4v) is 1.88. The largest absolute Gasteiger partial charge is 0.379 e. The molecule has 0 spiro atoms. The van der Waals surface area contributed by atoms with Crippen molar-refractivity contribution in [2.75, 3.05) is 45.2 Å². The van der Waals surface area contributed by atoms with Crippen LogP contribution in [0.4, 0.5) is 0 Å². The topological polar surface area (TPSA) is 21.7 Å². The summed E-state index contributed by atoms with van der Waals surface area (Å²) < 4.78 is 11.2. The highest BCUT2D eigenvalue weighted by Crippen LogP contribution is 2.06. The third-order valence-corrected chi connectivity index (χ3v) is 2.82. The first kappa shape index (κ1) is 13.3. The van der Waals surface area contributed by atoms with E-state index in [1.54, 1.807) is 0 Å². The van der Waals surface area contributed by atoms with Gasteiger partial charge >= 0.3 is 0 Å². The van der Waals surface area contributed by atoms with E-state index < -0.39 is 0 Å². The fraction of sp³-hybridized carbons (Fsp3) is 1.00. The summed E-state index contributed by atoms with van der Waals surface area (Å²) in [7, 11) is 0. The smallest absolute Gasteiger partial charge is 0.0935 e. The van der Waals surface area contributed by atoms with Gasteiger partial charge in [-0.2, -0.15) is 12.6 Å². The summed E-state index contributed by atoms with van der Waals surface area (Å²) in [6.45, 7) is 7.75. The van der Waals surface area contributed by atoms with Gasteiger partial charge in [-0.15, -0.1) is 0 Å². The highest BCUT2D eigenvalue weighted by molar-refractivity contribution is 7.80. The van der Waals surface area contributed by atoms with E-state index in [2.05, 4.69) is 24.5 Å². The molecule has 1 atom stereocenters. The van der Waals surface area contributed by atoms with Crippen LogP contribution in [0.25, 0.3) is 0 Å². The minimum absolute atomic E-state index is 0.269. The molecule has 4 heteroatoms. The summed E-state index contributed by atoms with van der Waals surface area (Å²) >= 11 is 4.23. The van der Waals surface area contributed by atoms with Crippen molar-refractivity contribution >= 4 is 12.6 Å². The average Bonchev–Trinajstić information content (AvgIpc) is 2.27. The minimum atomic E-state index is 0.269. The van der Waals surface area contributed by atoms with Gasteiger partial charge in [-0.3, -0.25) is 4.90 Å². The quantitative estimate of drug-likeness (QED) is 0.531. The number of ether oxygens (including phenoxy) is 2. The van der Waals surface area contributed by atoms with Crippen molar-refractivity contribution in [2.45, 2.75) is 25.9 Å². The first-order chi connectivity index (χ1) is 7.36. The Balaban J connectivity index is 2.11. The number of morpholine rings is 1. The maximum Gasteiger partial charge on any atom is 0.0935 e. The van der Waals surface area contributed by atoms with Gasteiger partial charge in [-0.05, 0) is 25.1 Å². The predicted molar refractivity (Wildman–Crippen MR) is 65.8 cm³/mol. The zero-order valence-electron chi connectivity index (χ0n) is 9.65. The van der Waals surface area contributed by atoms with Crippen LogP contribution < -0.4 is 0 Å². The Labute approximate surface area is 98.5 Å². The van der Waals surface area contributed by atoms with E-state index in [0.717, 1.165) is 58.0 Å². The maximum absolute atomic E-state index is 5.65. The van der Waals surface area contributed by atoms with E-state index in [1.165, 1.54) is 0 Å². The lowest BCUT2D eigenvalue weighted by molar-refractivity contribution is -0.0687. The molecule has 15 heavy (non-hydrogen) atoms. The molecule has 0 aromatic heterocycles. The summed E-state index contributed by atoms with van der Waals surface area (Å²) in [4.78, 5) is 2.44. The van der Waals surface area contributed by atoms with E-state index in [9.17, 15) is 0 Å². The Morgan fingerprint density at radius 2 is 2.40 bits per heavy atom. The maximum atomic E-state index is 5.65. The molecule has 1 aliphatic heterocycles. The van der Waals surface area contributed by atoms with Gasteiger partial charge in [0, 0.05) is 19.7 Å². The molecule has 1 fully saturated rings. The van der Waals surface area contributed by atoms with E-state index in [-0.39, 0.29) is 6.10 Å². The molecular weight excluding hydrogens is 210 g/mol. The van der Waals surface area contributed by atoms with Gasteiger partial charge < -0.3 is 9.47 Å². The van der Waals surface area contributed by atoms with Gasteiger partial charge in [0.25, 0.3) is 0 Å². The Morgan fingerprint density at radius 3 is 3.13 bits per heavy atom. The summed E-state index contributed by atoms with van der Waals surface area (Å²) in [6, 6.07) is 0. The molecule has 1 heterocycles. The number of nitrogens with zero attached hydrogens (tertiary/aromatic N) is 1. The Bertz CT molecular complexity index is 158. The highest BCUT2D eigenvalue weighted by atomic mass is 32.1. The van der Waals surface area contributed by atoms with E-state index in [1.807, 2.05) is 0 Å². The SMILES string of the molecule is CCCOC[C@@H]1CN(CCCS)CCO1. The van der Waals surface area contributed by atoms with Crippen molar-refractivity contribution in [3.8, 4) is 0 Å². The van der Waals surface area contributed by atoms with Crippen molar-refractivity contribution in [3.63, 3.8) is 0 Å². The molecule has 0 aliphatic carbocycles. The minimum Gasteiger partial charge on any atom is -0.379 e. The van der Waals surface area contributed by atoms with Crippen LogP contribution in [0.3, 0.4) is 0 Å². The van der Waals surface area contributed by atoms with Gasteiger partial charge in [-0.25, -0.2) is 0 Å². The third-order valence-electron chi connectivity index (χ3n) is 2.51. The lowest BCUT2D eigenvalue weighted by Gasteiger charge is -2.32. The molecular formula is C11H23NO2S. The first-order valence-corrected chi connectivity index (χ1v) is 6.52. The first-order valence-electron chi connectivity index (χ1n) is 5.89. The Hall–Kier alpha value is 0.230. The molecule has 90 valence electrons. The Kier molecular flexibility index (Phi) is 7.44. The normalized spacial score (nSPS) is 23.2. The van der Waals surface area contributed by atoms with Crippen LogP contribution in [0.1, 0.15) is 19.8 Å². The number of hydrogen-bond acceptors (Lipinski definition) is 4. The van der Waals surface area contributed by atoms with E-state index >= 15 is 0 Å². The van der Waals surface area contributed by atoms with Crippen molar-refractivity contribution < 1.29 is 9.47 Å². The van der Waals surface area contributed by atoms with E-state index in [0.29, 0.717) is 0 Å². The molecule has 1 saturated heterocycles. The van der Waals surface area contributed by atoms with E-state index in [4.69, 9.17) is 9.47 Å². The van der Waals surface area contributed by atoms with Crippen LogP contribution in [0.5, 0.6) is 0 Å². The third kappa shape index (κ3) is 5.76. The van der Waals surface area contributed by atoms with Crippen molar-refractivity contribution in [1.29, 1.82) is 0 Å². The molecule has 0 N–H and O–H groups in total.